The van der Waals surface area contributed by atoms with Crippen molar-refractivity contribution < 1.29 is 9.90 Å². The van der Waals surface area contributed by atoms with Gasteiger partial charge in [0.05, 0.1) is 0 Å². The summed E-state index contributed by atoms with van der Waals surface area (Å²) in [5.74, 6) is -0.804. The highest BCUT2D eigenvalue weighted by Crippen LogP contribution is 2.37. The molecule has 2 aliphatic heterocycles. The average molecular weight is 207 g/mol. The van der Waals surface area contributed by atoms with Crippen molar-refractivity contribution in [1.82, 2.24) is 4.90 Å². The molecule has 3 nitrogen and oxygen atoms in total. The van der Waals surface area contributed by atoms with E-state index in [-0.39, 0.29) is 0 Å². The van der Waals surface area contributed by atoms with Gasteiger partial charge < -0.3 is 5.11 Å². The lowest BCUT2D eigenvalue weighted by molar-refractivity contribution is -0.131. The van der Waals surface area contributed by atoms with E-state index in [1.54, 1.807) is 0 Å². The lowest BCUT2D eigenvalue weighted by Crippen LogP contribution is -2.40. The Morgan fingerprint density at radius 3 is 2.53 bits per heavy atom. The number of fused-ring (bicyclic) bond motifs is 2. The van der Waals surface area contributed by atoms with Crippen molar-refractivity contribution in [3.05, 3.63) is 24.3 Å². The Bertz CT molecular complexity index is 293. The van der Waals surface area contributed by atoms with Gasteiger partial charge in [0, 0.05) is 24.7 Å². The van der Waals surface area contributed by atoms with Gasteiger partial charge in [-0.15, -0.1) is 6.58 Å². The Balaban J connectivity index is 2.07. The molecule has 0 spiro atoms. The Kier molecular flexibility index (Phi) is 2.91. The van der Waals surface area contributed by atoms with Crippen LogP contribution in [0.1, 0.15) is 25.7 Å². The number of carboxylic acids is 1. The van der Waals surface area contributed by atoms with Gasteiger partial charge in [0.25, 0.3) is 0 Å². The van der Waals surface area contributed by atoms with E-state index < -0.39 is 5.97 Å². The summed E-state index contributed by atoms with van der Waals surface area (Å²) in [4.78, 5) is 13.1. The van der Waals surface area contributed by atoms with E-state index >= 15 is 0 Å². The summed E-state index contributed by atoms with van der Waals surface area (Å²) in [5, 5.41) is 8.72. The minimum Gasteiger partial charge on any atom is -0.478 e. The molecule has 0 aromatic rings. The zero-order valence-corrected chi connectivity index (χ0v) is 8.85. The molecule has 2 bridgehead atoms. The SMILES string of the molecule is C=CCN1C2CCC1CC(=CC(=O)O)C2. The quantitative estimate of drug-likeness (QED) is 0.567. The minimum absolute atomic E-state index is 0.548. The van der Waals surface area contributed by atoms with Gasteiger partial charge in [-0.3, -0.25) is 4.90 Å². The Labute approximate surface area is 90.1 Å². The molecular weight excluding hydrogens is 190 g/mol. The normalized spacial score (nSPS) is 30.3. The van der Waals surface area contributed by atoms with E-state index in [2.05, 4.69) is 11.5 Å². The predicted molar refractivity (Wildman–Crippen MR) is 58.7 cm³/mol. The first-order chi connectivity index (χ1) is 7.20. The van der Waals surface area contributed by atoms with Crippen LogP contribution in [0.2, 0.25) is 0 Å². The molecule has 2 rings (SSSR count). The molecule has 3 heteroatoms. The highest BCUT2D eigenvalue weighted by Gasteiger charge is 2.37. The zero-order chi connectivity index (χ0) is 10.8. The van der Waals surface area contributed by atoms with Crippen molar-refractivity contribution in [2.45, 2.75) is 37.8 Å². The molecule has 2 unspecified atom stereocenters. The van der Waals surface area contributed by atoms with Crippen molar-refractivity contribution >= 4 is 5.97 Å². The molecule has 0 aliphatic carbocycles. The average Bonchev–Trinajstić information content (AvgIpc) is 2.43. The molecule has 0 saturated carbocycles. The van der Waals surface area contributed by atoms with Crippen molar-refractivity contribution in [3.63, 3.8) is 0 Å². The summed E-state index contributed by atoms with van der Waals surface area (Å²) in [7, 11) is 0. The second kappa shape index (κ2) is 4.19. The lowest BCUT2D eigenvalue weighted by Gasteiger charge is -2.35. The maximum absolute atomic E-state index is 10.6. The van der Waals surface area contributed by atoms with Crippen LogP contribution in [0.4, 0.5) is 0 Å². The van der Waals surface area contributed by atoms with E-state index in [0.29, 0.717) is 12.1 Å². The van der Waals surface area contributed by atoms with Crippen LogP contribution in [0.25, 0.3) is 0 Å². The maximum atomic E-state index is 10.6. The van der Waals surface area contributed by atoms with Gasteiger partial charge in [-0.2, -0.15) is 0 Å². The van der Waals surface area contributed by atoms with E-state index in [1.165, 1.54) is 18.9 Å². The van der Waals surface area contributed by atoms with Crippen LogP contribution in [0.15, 0.2) is 24.3 Å². The number of rotatable bonds is 3. The van der Waals surface area contributed by atoms with Gasteiger partial charge >= 0.3 is 5.97 Å². The van der Waals surface area contributed by atoms with E-state index in [9.17, 15) is 4.79 Å². The topological polar surface area (TPSA) is 40.5 Å². The van der Waals surface area contributed by atoms with Crippen LogP contribution >= 0.6 is 0 Å². The molecule has 0 radical (unpaired) electrons. The van der Waals surface area contributed by atoms with E-state index in [4.69, 9.17) is 5.11 Å². The summed E-state index contributed by atoms with van der Waals surface area (Å²) >= 11 is 0. The van der Waals surface area contributed by atoms with Crippen molar-refractivity contribution in [2.75, 3.05) is 6.54 Å². The molecule has 1 N–H and O–H groups in total. The van der Waals surface area contributed by atoms with Gasteiger partial charge in [-0.25, -0.2) is 4.79 Å². The fourth-order valence-corrected chi connectivity index (χ4v) is 2.88. The van der Waals surface area contributed by atoms with E-state index in [0.717, 1.165) is 25.0 Å². The van der Waals surface area contributed by atoms with Gasteiger partial charge in [0.1, 0.15) is 0 Å². The third-order valence-corrected chi connectivity index (χ3v) is 3.43. The monoisotopic (exact) mass is 207 g/mol. The number of hydrogen-bond acceptors (Lipinski definition) is 2. The van der Waals surface area contributed by atoms with Crippen LogP contribution in [0, 0.1) is 0 Å². The first-order valence-corrected chi connectivity index (χ1v) is 5.49. The molecule has 0 aromatic carbocycles. The van der Waals surface area contributed by atoms with Crippen molar-refractivity contribution in [3.8, 4) is 0 Å². The first-order valence-electron chi connectivity index (χ1n) is 5.49. The molecule has 2 saturated heterocycles. The van der Waals surface area contributed by atoms with Gasteiger partial charge in [0.15, 0.2) is 0 Å². The molecule has 82 valence electrons. The predicted octanol–water partition coefficient (Wildman–Crippen LogP) is 1.81. The number of carbonyl (C=O) groups is 1. The molecule has 2 heterocycles. The number of piperidine rings is 1. The summed E-state index contributed by atoms with van der Waals surface area (Å²) in [6, 6.07) is 1.10. The smallest absolute Gasteiger partial charge is 0.328 e. The van der Waals surface area contributed by atoms with Gasteiger partial charge in [-0.1, -0.05) is 11.6 Å². The lowest BCUT2D eigenvalue weighted by atomic mass is 9.96. The summed E-state index contributed by atoms with van der Waals surface area (Å²) < 4.78 is 0. The summed E-state index contributed by atoms with van der Waals surface area (Å²) in [5.41, 5.74) is 1.11. The second-order valence-electron chi connectivity index (χ2n) is 4.42. The van der Waals surface area contributed by atoms with Crippen LogP contribution in [0.3, 0.4) is 0 Å². The first kappa shape index (κ1) is 10.4. The molecule has 2 atom stereocenters. The van der Waals surface area contributed by atoms with Crippen molar-refractivity contribution in [1.29, 1.82) is 0 Å². The largest absolute Gasteiger partial charge is 0.478 e. The number of aliphatic carboxylic acids is 1. The maximum Gasteiger partial charge on any atom is 0.328 e. The molecule has 0 amide bonds. The number of nitrogens with zero attached hydrogens (tertiary/aromatic N) is 1. The second-order valence-corrected chi connectivity index (χ2v) is 4.42. The van der Waals surface area contributed by atoms with Gasteiger partial charge in [0.2, 0.25) is 0 Å². The van der Waals surface area contributed by atoms with Gasteiger partial charge in [-0.05, 0) is 25.7 Å². The minimum atomic E-state index is -0.804. The van der Waals surface area contributed by atoms with Crippen LogP contribution in [-0.2, 0) is 4.79 Å². The molecule has 2 aliphatic rings. The fraction of sp³-hybridized carbons (Fsp3) is 0.583. The molecule has 0 aromatic heterocycles. The molecular formula is C12H17NO2. The van der Waals surface area contributed by atoms with E-state index in [1.807, 2.05) is 6.08 Å². The van der Waals surface area contributed by atoms with Crippen LogP contribution < -0.4 is 0 Å². The zero-order valence-electron chi connectivity index (χ0n) is 8.85. The molecule has 15 heavy (non-hydrogen) atoms. The highest BCUT2D eigenvalue weighted by molar-refractivity contribution is 5.80. The van der Waals surface area contributed by atoms with Crippen molar-refractivity contribution in [2.24, 2.45) is 0 Å². The summed E-state index contributed by atoms with van der Waals surface area (Å²) in [6.07, 6.45) is 7.60. The molecule has 2 fully saturated rings. The summed E-state index contributed by atoms with van der Waals surface area (Å²) in [6.45, 7) is 4.71. The van der Waals surface area contributed by atoms with Crippen LogP contribution in [0.5, 0.6) is 0 Å². The fourth-order valence-electron chi connectivity index (χ4n) is 2.88. The highest BCUT2D eigenvalue weighted by atomic mass is 16.4. The Morgan fingerprint density at radius 2 is 2.07 bits per heavy atom. The standard InChI is InChI=1S/C12H17NO2/c1-2-5-13-10-3-4-11(13)7-9(6-10)8-12(14)15/h2,8,10-11H,1,3-7H2,(H,14,15). The third kappa shape index (κ3) is 2.12. The number of carboxylic acid groups (broad SMARTS) is 1. The Morgan fingerprint density at radius 1 is 1.47 bits per heavy atom. The Hall–Kier alpha value is -1.09. The third-order valence-electron chi connectivity index (χ3n) is 3.43. The van der Waals surface area contributed by atoms with Crippen LogP contribution in [-0.4, -0.2) is 34.6 Å². The number of hydrogen-bond donors (Lipinski definition) is 1.